The van der Waals surface area contributed by atoms with Crippen molar-refractivity contribution in [3.8, 4) is 0 Å². The number of aliphatic hydroxyl groups is 1. The van der Waals surface area contributed by atoms with Crippen LogP contribution in [0.15, 0.2) is 0 Å². The van der Waals surface area contributed by atoms with Gasteiger partial charge in [-0.25, -0.2) is 9.59 Å². The zero-order valence-electron chi connectivity index (χ0n) is 9.61. The highest BCUT2D eigenvalue weighted by molar-refractivity contribution is 5.88. The molecule has 0 aromatic rings. The summed E-state index contributed by atoms with van der Waals surface area (Å²) in [5, 5.41) is 20.2. The Balaban J connectivity index is 2.59. The molecule has 16 heavy (non-hydrogen) atoms. The summed E-state index contributed by atoms with van der Waals surface area (Å²) in [6, 6.07) is 0. The molecule has 6 heteroatoms. The summed E-state index contributed by atoms with van der Waals surface area (Å²) in [7, 11) is 0. The van der Waals surface area contributed by atoms with E-state index in [1.54, 1.807) is 20.8 Å². The van der Waals surface area contributed by atoms with Gasteiger partial charge in [0.1, 0.15) is 11.1 Å². The van der Waals surface area contributed by atoms with Crippen molar-refractivity contribution in [3.05, 3.63) is 0 Å². The summed E-state index contributed by atoms with van der Waals surface area (Å²) in [4.78, 5) is 22.4. The van der Waals surface area contributed by atoms with Crippen molar-refractivity contribution >= 4 is 12.1 Å². The van der Waals surface area contributed by atoms with Crippen LogP contribution in [0, 0.1) is 5.92 Å². The SMILES string of the molecule is CC(C)(C)OC(=O)N[C@]1(C(=O)O)C[C@@H]1CO. The molecule has 0 aromatic carbocycles. The van der Waals surface area contributed by atoms with Gasteiger partial charge in [-0.15, -0.1) is 0 Å². The highest BCUT2D eigenvalue weighted by atomic mass is 16.6. The van der Waals surface area contributed by atoms with Gasteiger partial charge in [0.25, 0.3) is 0 Å². The molecule has 0 aromatic heterocycles. The zero-order chi connectivity index (χ0) is 12.6. The van der Waals surface area contributed by atoms with Crippen molar-refractivity contribution in [2.45, 2.75) is 38.3 Å². The Bertz CT molecular complexity index is 309. The van der Waals surface area contributed by atoms with Crippen LogP contribution in [0.5, 0.6) is 0 Å². The molecule has 0 aliphatic heterocycles. The van der Waals surface area contributed by atoms with E-state index in [0.29, 0.717) is 0 Å². The fourth-order valence-corrected chi connectivity index (χ4v) is 1.50. The lowest BCUT2D eigenvalue weighted by molar-refractivity contribution is -0.141. The summed E-state index contributed by atoms with van der Waals surface area (Å²) in [6.07, 6.45) is -0.538. The second-order valence-corrected chi connectivity index (χ2v) is 4.99. The number of carboxylic acids is 1. The average Bonchev–Trinajstić information content (AvgIpc) is 2.76. The summed E-state index contributed by atoms with van der Waals surface area (Å²) >= 11 is 0. The number of hydrogen-bond donors (Lipinski definition) is 3. The van der Waals surface area contributed by atoms with Gasteiger partial charge in [-0.05, 0) is 27.2 Å². The van der Waals surface area contributed by atoms with Crippen LogP contribution in [0.25, 0.3) is 0 Å². The largest absolute Gasteiger partial charge is 0.479 e. The molecule has 1 rings (SSSR count). The number of hydrogen-bond acceptors (Lipinski definition) is 4. The number of alkyl carbamates (subject to hydrolysis) is 1. The lowest BCUT2D eigenvalue weighted by atomic mass is 10.2. The Labute approximate surface area is 93.6 Å². The zero-order valence-corrected chi connectivity index (χ0v) is 9.61. The molecule has 1 amide bonds. The van der Waals surface area contributed by atoms with E-state index in [1.165, 1.54) is 0 Å². The molecular weight excluding hydrogens is 214 g/mol. The van der Waals surface area contributed by atoms with E-state index < -0.39 is 29.1 Å². The van der Waals surface area contributed by atoms with Gasteiger partial charge in [0.2, 0.25) is 0 Å². The molecule has 0 radical (unpaired) electrons. The maximum absolute atomic E-state index is 11.4. The molecule has 1 aliphatic carbocycles. The Morgan fingerprint density at radius 2 is 2.06 bits per heavy atom. The van der Waals surface area contributed by atoms with Crippen LogP contribution in [0.2, 0.25) is 0 Å². The number of carboxylic acid groups (broad SMARTS) is 1. The third-order valence-electron chi connectivity index (χ3n) is 2.43. The third kappa shape index (κ3) is 2.63. The maximum Gasteiger partial charge on any atom is 0.408 e. The summed E-state index contributed by atoms with van der Waals surface area (Å²) in [5.41, 5.74) is -2.02. The molecule has 0 bridgehead atoms. The molecule has 1 fully saturated rings. The topological polar surface area (TPSA) is 95.9 Å². The molecule has 1 saturated carbocycles. The molecule has 0 heterocycles. The van der Waals surface area contributed by atoms with Gasteiger partial charge < -0.3 is 20.3 Å². The molecule has 2 atom stereocenters. The number of carbonyl (C=O) groups is 2. The van der Waals surface area contributed by atoms with E-state index in [-0.39, 0.29) is 13.0 Å². The van der Waals surface area contributed by atoms with E-state index in [0.717, 1.165) is 0 Å². The normalized spacial score (nSPS) is 28.4. The van der Waals surface area contributed by atoms with Crippen LogP contribution in [-0.4, -0.2) is 40.0 Å². The van der Waals surface area contributed by atoms with Crippen molar-refractivity contribution < 1.29 is 24.5 Å². The highest BCUT2D eigenvalue weighted by Gasteiger charge is 2.61. The fraction of sp³-hybridized carbons (Fsp3) is 0.800. The van der Waals surface area contributed by atoms with Crippen LogP contribution in [0.1, 0.15) is 27.2 Å². The second-order valence-electron chi connectivity index (χ2n) is 4.99. The van der Waals surface area contributed by atoms with Gasteiger partial charge >= 0.3 is 12.1 Å². The first kappa shape index (κ1) is 12.8. The van der Waals surface area contributed by atoms with Gasteiger partial charge in [0, 0.05) is 12.5 Å². The van der Waals surface area contributed by atoms with Gasteiger partial charge in [-0.2, -0.15) is 0 Å². The predicted molar refractivity (Wildman–Crippen MR) is 54.9 cm³/mol. The molecule has 0 saturated heterocycles. The molecule has 3 N–H and O–H groups in total. The Morgan fingerprint density at radius 3 is 2.38 bits per heavy atom. The third-order valence-corrected chi connectivity index (χ3v) is 2.43. The van der Waals surface area contributed by atoms with E-state index in [4.69, 9.17) is 14.9 Å². The predicted octanol–water partition coefficient (Wildman–Crippen LogP) is 0.347. The molecule has 92 valence electrons. The first-order valence-electron chi connectivity index (χ1n) is 5.07. The van der Waals surface area contributed by atoms with Gasteiger partial charge in [-0.1, -0.05) is 0 Å². The first-order valence-corrected chi connectivity index (χ1v) is 5.07. The van der Waals surface area contributed by atoms with Crippen LogP contribution < -0.4 is 5.32 Å². The number of aliphatic carboxylic acids is 1. The molecule has 0 spiro atoms. The van der Waals surface area contributed by atoms with Crippen LogP contribution in [-0.2, 0) is 9.53 Å². The first-order chi connectivity index (χ1) is 7.21. The lowest BCUT2D eigenvalue weighted by Gasteiger charge is -2.22. The van der Waals surface area contributed by atoms with E-state index in [2.05, 4.69) is 5.32 Å². The van der Waals surface area contributed by atoms with Gasteiger partial charge in [-0.3, -0.25) is 0 Å². The fourth-order valence-electron chi connectivity index (χ4n) is 1.50. The minimum Gasteiger partial charge on any atom is -0.479 e. The minimum atomic E-state index is -1.35. The Morgan fingerprint density at radius 1 is 1.50 bits per heavy atom. The molecule has 1 aliphatic rings. The van der Waals surface area contributed by atoms with E-state index in [1.807, 2.05) is 0 Å². The molecule has 6 nitrogen and oxygen atoms in total. The minimum absolute atomic E-state index is 0.234. The number of amides is 1. The van der Waals surface area contributed by atoms with Crippen molar-refractivity contribution in [1.29, 1.82) is 0 Å². The second kappa shape index (κ2) is 3.93. The summed E-state index contributed by atoms with van der Waals surface area (Å²) < 4.78 is 4.96. The molecular formula is C10H17NO5. The number of rotatable bonds is 3. The quantitative estimate of drug-likeness (QED) is 0.651. The van der Waals surface area contributed by atoms with Gasteiger partial charge in [0.15, 0.2) is 0 Å². The maximum atomic E-state index is 11.4. The number of aliphatic hydroxyl groups excluding tert-OH is 1. The van der Waals surface area contributed by atoms with Crippen molar-refractivity contribution in [3.63, 3.8) is 0 Å². The monoisotopic (exact) mass is 231 g/mol. The Kier molecular flexibility index (Phi) is 3.14. The number of ether oxygens (including phenoxy) is 1. The highest BCUT2D eigenvalue weighted by Crippen LogP contribution is 2.43. The molecule has 0 unspecified atom stereocenters. The van der Waals surface area contributed by atoms with Gasteiger partial charge in [0.05, 0.1) is 0 Å². The smallest absolute Gasteiger partial charge is 0.408 e. The lowest BCUT2D eigenvalue weighted by Crippen LogP contribution is -2.47. The van der Waals surface area contributed by atoms with E-state index in [9.17, 15) is 9.59 Å². The standard InChI is InChI=1S/C10H17NO5/c1-9(2,3)16-8(15)11-10(7(13)14)4-6(10)5-12/h6,12H,4-5H2,1-3H3,(H,11,15)(H,13,14)/t6-,10-/m1/s1. The number of nitrogens with one attached hydrogen (secondary N) is 1. The number of carbonyl (C=O) groups excluding carboxylic acids is 1. The average molecular weight is 231 g/mol. The van der Waals surface area contributed by atoms with Crippen molar-refractivity contribution in [1.82, 2.24) is 5.32 Å². The van der Waals surface area contributed by atoms with Crippen LogP contribution in [0.3, 0.4) is 0 Å². The summed E-state index contributed by atoms with van der Waals surface area (Å²) in [6.45, 7) is 4.81. The van der Waals surface area contributed by atoms with E-state index >= 15 is 0 Å². The van der Waals surface area contributed by atoms with Crippen LogP contribution in [0.4, 0.5) is 4.79 Å². The Hall–Kier alpha value is -1.30. The van der Waals surface area contributed by atoms with Crippen molar-refractivity contribution in [2.24, 2.45) is 5.92 Å². The van der Waals surface area contributed by atoms with Crippen molar-refractivity contribution in [2.75, 3.05) is 6.61 Å². The summed E-state index contributed by atoms with van der Waals surface area (Å²) in [5.74, 6) is -1.57. The van der Waals surface area contributed by atoms with Crippen LogP contribution >= 0.6 is 0 Å².